The zero-order valence-corrected chi connectivity index (χ0v) is 9.81. The third-order valence-corrected chi connectivity index (χ3v) is 3.41. The predicted octanol–water partition coefficient (Wildman–Crippen LogP) is 2.07. The molecule has 1 rings (SSSR count). The van der Waals surface area contributed by atoms with Crippen molar-refractivity contribution in [3.8, 4) is 0 Å². The molecule has 1 unspecified atom stereocenters. The van der Waals surface area contributed by atoms with E-state index in [1.54, 1.807) is 11.3 Å². The summed E-state index contributed by atoms with van der Waals surface area (Å²) in [7, 11) is 0. The second-order valence-corrected chi connectivity index (χ2v) is 4.98. The molecule has 1 aromatic heterocycles. The van der Waals surface area contributed by atoms with Gasteiger partial charge in [-0.1, -0.05) is 19.9 Å². The van der Waals surface area contributed by atoms with Gasteiger partial charge in [-0.15, -0.1) is 11.3 Å². The number of nitrogens with one attached hydrogen (secondary N) is 1. The minimum Gasteiger partial charge on any atom is -0.330 e. The maximum absolute atomic E-state index is 5.70. The second kappa shape index (κ2) is 6.17. The average Bonchev–Trinajstić information content (AvgIpc) is 2.64. The summed E-state index contributed by atoms with van der Waals surface area (Å²) < 4.78 is 0. The summed E-state index contributed by atoms with van der Waals surface area (Å²) in [4.78, 5) is 1.39. The predicted molar refractivity (Wildman–Crippen MR) is 63.4 cm³/mol. The maximum Gasteiger partial charge on any atom is 0.0299 e. The third-order valence-electron chi connectivity index (χ3n) is 2.53. The van der Waals surface area contributed by atoms with E-state index < -0.39 is 0 Å². The summed E-state index contributed by atoms with van der Waals surface area (Å²) in [5, 5.41) is 5.56. The first-order valence-corrected chi connectivity index (χ1v) is 6.05. The molecule has 80 valence electrons. The highest BCUT2D eigenvalue weighted by molar-refractivity contribution is 7.09. The van der Waals surface area contributed by atoms with Crippen molar-refractivity contribution < 1.29 is 0 Å². The number of rotatable bonds is 6. The number of hydrogen-bond acceptors (Lipinski definition) is 3. The fourth-order valence-electron chi connectivity index (χ4n) is 1.39. The van der Waals surface area contributed by atoms with Crippen molar-refractivity contribution in [1.29, 1.82) is 0 Å². The van der Waals surface area contributed by atoms with E-state index in [0.29, 0.717) is 11.8 Å². The van der Waals surface area contributed by atoms with E-state index in [0.717, 1.165) is 19.6 Å². The van der Waals surface area contributed by atoms with Crippen LogP contribution in [0.2, 0.25) is 0 Å². The number of hydrogen-bond donors (Lipinski definition) is 2. The van der Waals surface area contributed by atoms with Gasteiger partial charge < -0.3 is 11.1 Å². The molecule has 0 aliphatic heterocycles. The minimum absolute atomic E-state index is 0.593. The Morgan fingerprint density at radius 2 is 2.29 bits per heavy atom. The van der Waals surface area contributed by atoms with Crippen molar-refractivity contribution >= 4 is 11.3 Å². The SMILES string of the molecule is CC(C)C(CN)CNCc1cccs1. The van der Waals surface area contributed by atoms with Gasteiger partial charge >= 0.3 is 0 Å². The monoisotopic (exact) mass is 212 g/mol. The fourth-order valence-corrected chi connectivity index (χ4v) is 2.06. The van der Waals surface area contributed by atoms with Gasteiger partial charge in [0.15, 0.2) is 0 Å². The Balaban J connectivity index is 2.20. The lowest BCUT2D eigenvalue weighted by atomic mass is 9.96. The molecule has 3 heteroatoms. The Morgan fingerprint density at radius 3 is 2.79 bits per heavy atom. The van der Waals surface area contributed by atoms with Crippen LogP contribution in [0, 0.1) is 11.8 Å². The highest BCUT2D eigenvalue weighted by Crippen LogP contribution is 2.10. The van der Waals surface area contributed by atoms with E-state index in [1.165, 1.54) is 4.88 Å². The summed E-state index contributed by atoms with van der Waals surface area (Å²) in [6.45, 7) is 7.22. The van der Waals surface area contributed by atoms with E-state index in [-0.39, 0.29) is 0 Å². The van der Waals surface area contributed by atoms with Crippen LogP contribution in [0.1, 0.15) is 18.7 Å². The lowest BCUT2D eigenvalue weighted by Gasteiger charge is -2.18. The van der Waals surface area contributed by atoms with Gasteiger partial charge in [-0.05, 0) is 36.4 Å². The van der Waals surface area contributed by atoms with Crippen LogP contribution in [0.5, 0.6) is 0 Å². The summed E-state index contributed by atoms with van der Waals surface area (Å²) in [5.74, 6) is 1.26. The van der Waals surface area contributed by atoms with Crippen LogP contribution in [-0.2, 0) is 6.54 Å². The second-order valence-electron chi connectivity index (χ2n) is 3.95. The molecule has 0 aromatic carbocycles. The van der Waals surface area contributed by atoms with E-state index >= 15 is 0 Å². The van der Waals surface area contributed by atoms with Crippen LogP contribution >= 0.6 is 11.3 Å². The zero-order chi connectivity index (χ0) is 10.4. The highest BCUT2D eigenvalue weighted by Gasteiger charge is 2.10. The summed E-state index contributed by atoms with van der Waals surface area (Å²) in [6, 6.07) is 4.25. The van der Waals surface area contributed by atoms with Crippen molar-refractivity contribution in [2.24, 2.45) is 17.6 Å². The summed E-state index contributed by atoms with van der Waals surface area (Å²) in [5.41, 5.74) is 5.70. The molecule has 1 heterocycles. The number of nitrogens with two attached hydrogens (primary N) is 1. The Kier molecular flexibility index (Phi) is 5.15. The van der Waals surface area contributed by atoms with Crippen LogP contribution in [0.3, 0.4) is 0 Å². The first-order valence-electron chi connectivity index (χ1n) is 5.17. The van der Waals surface area contributed by atoms with Gasteiger partial charge in [0.1, 0.15) is 0 Å². The Morgan fingerprint density at radius 1 is 1.50 bits per heavy atom. The van der Waals surface area contributed by atoms with Crippen molar-refractivity contribution in [1.82, 2.24) is 5.32 Å². The van der Waals surface area contributed by atoms with Crippen LogP contribution < -0.4 is 11.1 Å². The first-order chi connectivity index (χ1) is 6.74. The third kappa shape index (κ3) is 3.78. The van der Waals surface area contributed by atoms with Crippen LogP contribution in [-0.4, -0.2) is 13.1 Å². The molecular weight excluding hydrogens is 192 g/mol. The van der Waals surface area contributed by atoms with Crippen molar-refractivity contribution in [2.45, 2.75) is 20.4 Å². The van der Waals surface area contributed by atoms with Crippen LogP contribution in [0.4, 0.5) is 0 Å². The molecule has 0 radical (unpaired) electrons. The molecular formula is C11H20N2S. The van der Waals surface area contributed by atoms with Gasteiger partial charge in [-0.3, -0.25) is 0 Å². The first kappa shape index (κ1) is 11.7. The molecule has 0 aliphatic rings. The molecule has 3 N–H and O–H groups in total. The largest absolute Gasteiger partial charge is 0.330 e. The van der Waals surface area contributed by atoms with E-state index in [1.807, 2.05) is 0 Å². The molecule has 0 saturated heterocycles. The van der Waals surface area contributed by atoms with Gasteiger partial charge in [-0.25, -0.2) is 0 Å². The van der Waals surface area contributed by atoms with Crippen molar-refractivity contribution in [3.05, 3.63) is 22.4 Å². The fraction of sp³-hybridized carbons (Fsp3) is 0.636. The molecule has 0 aliphatic carbocycles. The quantitative estimate of drug-likeness (QED) is 0.757. The smallest absolute Gasteiger partial charge is 0.0299 e. The molecule has 0 saturated carbocycles. The molecule has 0 bridgehead atoms. The molecule has 0 fully saturated rings. The zero-order valence-electron chi connectivity index (χ0n) is 8.99. The van der Waals surface area contributed by atoms with Crippen molar-refractivity contribution in [3.63, 3.8) is 0 Å². The topological polar surface area (TPSA) is 38.0 Å². The molecule has 2 nitrogen and oxygen atoms in total. The molecule has 1 atom stereocenters. The summed E-state index contributed by atoms with van der Waals surface area (Å²) in [6.07, 6.45) is 0. The standard InChI is InChI=1S/C11H20N2S/c1-9(2)10(6-12)7-13-8-11-4-3-5-14-11/h3-5,9-10,13H,6-8,12H2,1-2H3. The molecule has 14 heavy (non-hydrogen) atoms. The maximum atomic E-state index is 5.70. The Labute approximate surface area is 90.5 Å². The van der Waals surface area contributed by atoms with Gasteiger partial charge in [0.05, 0.1) is 0 Å². The van der Waals surface area contributed by atoms with Gasteiger partial charge in [0.2, 0.25) is 0 Å². The van der Waals surface area contributed by atoms with E-state index in [9.17, 15) is 0 Å². The van der Waals surface area contributed by atoms with Gasteiger partial charge in [0.25, 0.3) is 0 Å². The lowest BCUT2D eigenvalue weighted by Crippen LogP contribution is -2.31. The normalized spacial score (nSPS) is 13.4. The van der Waals surface area contributed by atoms with Crippen LogP contribution in [0.15, 0.2) is 17.5 Å². The molecule has 0 spiro atoms. The van der Waals surface area contributed by atoms with Crippen molar-refractivity contribution in [2.75, 3.05) is 13.1 Å². The highest BCUT2D eigenvalue weighted by atomic mass is 32.1. The van der Waals surface area contributed by atoms with E-state index in [4.69, 9.17) is 5.73 Å². The summed E-state index contributed by atoms with van der Waals surface area (Å²) >= 11 is 1.80. The molecule has 1 aromatic rings. The Bertz CT molecular complexity index is 231. The minimum atomic E-state index is 0.593. The molecule has 0 amide bonds. The number of thiophene rings is 1. The van der Waals surface area contributed by atoms with Crippen LogP contribution in [0.25, 0.3) is 0 Å². The lowest BCUT2D eigenvalue weighted by molar-refractivity contribution is 0.371. The van der Waals surface area contributed by atoms with Gasteiger partial charge in [0, 0.05) is 11.4 Å². The van der Waals surface area contributed by atoms with E-state index in [2.05, 4.69) is 36.7 Å². The Hall–Kier alpha value is -0.380. The van der Waals surface area contributed by atoms with Gasteiger partial charge in [-0.2, -0.15) is 0 Å². The average molecular weight is 212 g/mol.